The van der Waals surface area contributed by atoms with Crippen LogP contribution in [0.15, 0.2) is 42.7 Å². The van der Waals surface area contributed by atoms with E-state index in [-0.39, 0.29) is 5.56 Å². The number of nitrogens with two attached hydrogens (primary N) is 1. The Bertz CT molecular complexity index is 1290. The number of anilines is 3. The Morgan fingerprint density at radius 2 is 1.83 bits per heavy atom. The number of carbonyl (C=O) groups excluding carboxylic acids is 1. The van der Waals surface area contributed by atoms with Crippen LogP contribution in [0.25, 0.3) is 5.69 Å². The van der Waals surface area contributed by atoms with Crippen molar-refractivity contribution in [3.8, 4) is 5.69 Å². The number of rotatable bonds is 8. The second-order valence-electron chi connectivity index (χ2n) is 10.6. The lowest BCUT2D eigenvalue weighted by Gasteiger charge is -2.34. The highest BCUT2D eigenvalue weighted by Crippen LogP contribution is 2.76. The molecule has 36 heavy (non-hydrogen) atoms. The third kappa shape index (κ3) is 3.82. The summed E-state index contributed by atoms with van der Waals surface area (Å²) in [5.74, 6) is 0.385. The van der Waals surface area contributed by atoms with Crippen LogP contribution in [0.4, 0.5) is 17.5 Å². The quantitative estimate of drug-likeness (QED) is 0.380. The van der Waals surface area contributed by atoms with Crippen molar-refractivity contribution in [2.45, 2.75) is 64.5 Å². The zero-order chi connectivity index (χ0) is 24.9. The first-order valence-corrected chi connectivity index (χ1v) is 13.0. The minimum absolute atomic E-state index is 0.265. The van der Waals surface area contributed by atoms with Crippen molar-refractivity contribution >= 4 is 23.4 Å². The molecule has 3 aliphatic rings. The van der Waals surface area contributed by atoms with Gasteiger partial charge in [0.15, 0.2) is 0 Å². The number of carbonyl (C=O) groups is 1. The molecule has 5 N–H and O–H groups in total. The zero-order valence-corrected chi connectivity index (χ0v) is 20.9. The molecule has 188 valence electrons. The monoisotopic (exact) mass is 486 g/mol. The van der Waals surface area contributed by atoms with E-state index < -0.39 is 5.91 Å². The second kappa shape index (κ2) is 8.58. The van der Waals surface area contributed by atoms with Gasteiger partial charge in [0.05, 0.1) is 11.4 Å². The van der Waals surface area contributed by atoms with Gasteiger partial charge in [-0.15, -0.1) is 0 Å². The fourth-order valence-electron chi connectivity index (χ4n) is 6.62. The van der Waals surface area contributed by atoms with Crippen molar-refractivity contribution in [3.05, 3.63) is 54.0 Å². The van der Waals surface area contributed by atoms with Crippen LogP contribution < -0.4 is 21.7 Å². The molecule has 2 aromatic heterocycles. The first-order chi connectivity index (χ1) is 17.4. The lowest BCUT2D eigenvalue weighted by atomic mass is 9.72. The Labute approximate surface area is 211 Å². The predicted octanol–water partition coefficient (Wildman–Crippen LogP) is 3.93. The third-order valence-electron chi connectivity index (χ3n) is 8.56. The van der Waals surface area contributed by atoms with Crippen molar-refractivity contribution in [1.29, 1.82) is 0 Å². The molecule has 0 saturated heterocycles. The van der Waals surface area contributed by atoms with E-state index in [9.17, 15) is 4.79 Å². The Kier molecular flexibility index (Phi) is 5.48. The number of nitrogens with zero attached hydrogens (tertiary/aromatic N) is 4. The number of hydrogen-bond acceptors (Lipinski definition) is 7. The lowest BCUT2D eigenvalue weighted by molar-refractivity contribution is 0.100. The van der Waals surface area contributed by atoms with Crippen LogP contribution in [0.2, 0.25) is 0 Å². The highest BCUT2D eigenvalue weighted by atomic mass is 16.1. The summed E-state index contributed by atoms with van der Waals surface area (Å²) in [4.78, 5) is 21.2. The third-order valence-corrected chi connectivity index (χ3v) is 8.56. The van der Waals surface area contributed by atoms with E-state index in [0.29, 0.717) is 34.7 Å². The van der Waals surface area contributed by atoms with E-state index in [4.69, 9.17) is 5.73 Å². The molecule has 1 amide bonds. The number of amides is 1. The molecule has 3 aliphatic carbocycles. The fourth-order valence-corrected chi connectivity index (χ4v) is 6.62. The minimum atomic E-state index is -0.562. The number of fused-ring (bicyclic) bond motifs is 1. The molecule has 2 unspecified atom stereocenters. The van der Waals surface area contributed by atoms with E-state index >= 15 is 0 Å². The van der Waals surface area contributed by atoms with Crippen molar-refractivity contribution in [2.75, 3.05) is 17.2 Å². The first kappa shape index (κ1) is 23.0. The van der Waals surface area contributed by atoms with Gasteiger partial charge in [0.1, 0.15) is 11.4 Å². The Hall–Kier alpha value is -3.46. The van der Waals surface area contributed by atoms with Gasteiger partial charge in [-0.1, -0.05) is 19.8 Å². The van der Waals surface area contributed by atoms with Gasteiger partial charge in [-0.2, -0.15) is 10.1 Å². The number of nitrogens with one attached hydrogen (secondary N) is 3. The summed E-state index contributed by atoms with van der Waals surface area (Å²) in [6.45, 7) is 5.18. The van der Waals surface area contributed by atoms with Crippen molar-refractivity contribution < 1.29 is 4.79 Å². The highest BCUT2D eigenvalue weighted by molar-refractivity contribution is 5.98. The number of hydrogen-bond donors (Lipinski definition) is 4. The summed E-state index contributed by atoms with van der Waals surface area (Å²) in [6, 6.07) is 10.8. The number of benzene rings is 1. The largest absolute Gasteiger partial charge is 0.365 e. The molecule has 0 radical (unpaired) electrons. The normalized spacial score (nSPS) is 28.3. The van der Waals surface area contributed by atoms with Crippen LogP contribution in [0.3, 0.4) is 0 Å². The van der Waals surface area contributed by atoms with Crippen molar-refractivity contribution in [2.24, 2.45) is 16.6 Å². The molecule has 4 atom stereocenters. The molecule has 0 aliphatic heterocycles. The molecule has 1 aromatic carbocycles. The van der Waals surface area contributed by atoms with Crippen molar-refractivity contribution in [3.63, 3.8) is 0 Å². The van der Waals surface area contributed by atoms with Crippen LogP contribution in [0, 0.1) is 17.8 Å². The number of aromatic nitrogens is 4. The molecule has 3 fully saturated rings. The Morgan fingerprint density at radius 1 is 1.11 bits per heavy atom. The number of primary amides is 1. The molecule has 2 heterocycles. The second-order valence-corrected chi connectivity index (χ2v) is 10.6. The topological polar surface area (TPSA) is 123 Å². The van der Waals surface area contributed by atoms with Crippen LogP contribution in [-0.4, -0.2) is 44.3 Å². The summed E-state index contributed by atoms with van der Waals surface area (Å²) in [7, 11) is 0. The van der Waals surface area contributed by atoms with Crippen molar-refractivity contribution in [1.82, 2.24) is 25.1 Å². The van der Waals surface area contributed by atoms with Gasteiger partial charge in [0.25, 0.3) is 5.91 Å². The predicted molar refractivity (Wildman–Crippen MR) is 140 cm³/mol. The van der Waals surface area contributed by atoms with E-state index in [1.54, 1.807) is 0 Å². The van der Waals surface area contributed by atoms with E-state index in [1.165, 1.54) is 38.3 Å². The molecule has 0 bridgehead atoms. The SMILES string of the molecule is CCNC1CC12CCCC[C@]21C[C@@H]1Nc1ncc(C(N)=O)c(Nc2ccc(-n3ccc(C)n3)cc2)n1. The van der Waals surface area contributed by atoms with E-state index in [0.717, 1.165) is 30.0 Å². The van der Waals surface area contributed by atoms with E-state index in [2.05, 4.69) is 37.9 Å². The summed E-state index contributed by atoms with van der Waals surface area (Å²) >= 11 is 0. The summed E-state index contributed by atoms with van der Waals surface area (Å²) in [5.41, 5.74) is 9.36. The average molecular weight is 487 g/mol. The molecule has 9 heteroatoms. The first-order valence-electron chi connectivity index (χ1n) is 13.0. The molecule has 3 saturated carbocycles. The number of aryl methyl sites for hydroxylation is 1. The van der Waals surface area contributed by atoms with Gasteiger partial charge in [-0.05, 0) is 80.3 Å². The van der Waals surface area contributed by atoms with Crippen LogP contribution >= 0.6 is 0 Å². The van der Waals surface area contributed by atoms with Crippen LogP contribution in [0.5, 0.6) is 0 Å². The minimum Gasteiger partial charge on any atom is -0.365 e. The van der Waals surface area contributed by atoms with Gasteiger partial charge in [0.2, 0.25) is 5.95 Å². The van der Waals surface area contributed by atoms with E-state index in [1.807, 2.05) is 48.1 Å². The van der Waals surface area contributed by atoms with Crippen LogP contribution in [0.1, 0.15) is 61.5 Å². The maximum Gasteiger partial charge on any atom is 0.254 e. The lowest BCUT2D eigenvalue weighted by Crippen LogP contribution is -2.35. The molecule has 2 spiro atoms. The smallest absolute Gasteiger partial charge is 0.254 e. The average Bonchev–Trinajstić information content (AvgIpc) is 3.69. The maximum atomic E-state index is 12.1. The van der Waals surface area contributed by atoms with Gasteiger partial charge in [-0.25, -0.2) is 9.67 Å². The zero-order valence-electron chi connectivity index (χ0n) is 20.9. The fraction of sp³-hybridized carbons (Fsp3) is 0.481. The van der Waals surface area contributed by atoms with Crippen LogP contribution in [-0.2, 0) is 0 Å². The highest BCUT2D eigenvalue weighted by Gasteiger charge is 2.75. The summed E-state index contributed by atoms with van der Waals surface area (Å²) in [6.07, 6.45) is 11.1. The Balaban J connectivity index is 1.20. The molecule has 6 rings (SSSR count). The summed E-state index contributed by atoms with van der Waals surface area (Å²) < 4.78 is 1.82. The molecular weight excluding hydrogens is 452 g/mol. The maximum absolute atomic E-state index is 12.1. The molecular formula is C27H34N8O. The molecule has 3 aromatic rings. The van der Waals surface area contributed by atoms with Gasteiger partial charge < -0.3 is 21.7 Å². The Morgan fingerprint density at radius 3 is 2.50 bits per heavy atom. The standard InChI is InChI=1S/C27H34N8O/c1-3-29-21-14-26(21)11-4-5-12-27(26)15-22(27)32-25-30-16-20(23(28)36)24(33-25)31-18-6-8-19(9-7-18)35-13-10-17(2)34-35/h6-10,13,16,21-22,29H,3-5,11-12,14-15H2,1-2H3,(H2,28,36)(H2,30,31,32,33)/t21?,22-,26?,27+/m0/s1. The van der Waals surface area contributed by atoms with Gasteiger partial charge >= 0.3 is 0 Å². The van der Waals surface area contributed by atoms with Gasteiger partial charge in [0, 0.05) is 30.2 Å². The molecule has 9 nitrogen and oxygen atoms in total. The van der Waals surface area contributed by atoms with Gasteiger partial charge in [-0.3, -0.25) is 4.79 Å². The summed E-state index contributed by atoms with van der Waals surface area (Å²) in [5, 5.41) is 15.0.